The van der Waals surface area contributed by atoms with Crippen LogP contribution < -0.4 is 10.6 Å². The SMILES string of the molecule is CC(C)CNc1cncc(C(=O)NCC2CCCO2)c1. The number of ether oxygens (including phenoxy) is 1. The van der Waals surface area contributed by atoms with E-state index in [0.29, 0.717) is 18.0 Å². The highest BCUT2D eigenvalue weighted by molar-refractivity contribution is 5.94. The Kier molecular flexibility index (Phi) is 5.35. The number of pyridine rings is 1. The highest BCUT2D eigenvalue weighted by Crippen LogP contribution is 2.12. The van der Waals surface area contributed by atoms with Crippen LogP contribution in [0.25, 0.3) is 0 Å². The fourth-order valence-corrected chi connectivity index (χ4v) is 2.10. The first-order valence-corrected chi connectivity index (χ1v) is 7.24. The number of aromatic nitrogens is 1. The van der Waals surface area contributed by atoms with Gasteiger partial charge in [-0.2, -0.15) is 0 Å². The predicted octanol–water partition coefficient (Wildman–Crippen LogP) is 2.06. The van der Waals surface area contributed by atoms with Crippen LogP contribution in [-0.2, 0) is 4.74 Å². The van der Waals surface area contributed by atoms with Crippen molar-refractivity contribution >= 4 is 11.6 Å². The van der Waals surface area contributed by atoms with Gasteiger partial charge in [-0.25, -0.2) is 0 Å². The molecule has 0 aromatic carbocycles. The Morgan fingerprint density at radius 3 is 3.05 bits per heavy atom. The molecule has 5 heteroatoms. The minimum atomic E-state index is -0.0961. The van der Waals surface area contributed by atoms with Crippen molar-refractivity contribution in [3.63, 3.8) is 0 Å². The second kappa shape index (κ2) is 7.24. The van der Waals surface area contributed by atoms with Crippen LogP contribution in [0.4, 0.5) is 5.69 Å². The van der Waals surface area contributed by atoms with Crippen LogP contribution in [0.15, 0.2) is 18.5 Å². The zero-order valence-electron chi connectivity index (χ0n) is 12.2. The van der Waals surface area contributed by atoms with E-state index in [4.69, 9.17) is 4.74 Å². The molecule has 5 nitrogen and oxygen atoms in total. The standard InChI is InChI=1S/C15H23N3O2/c1-11(2)7-17-13-6-12(8-16-9-13)15(19)18-10-14-4-3-5-20-14/h6,8-9,11,14,17H,3-5,7,10H2,1-2H3,(H,18,19). The van der Waals surface area contributed by atoms with Gasteiger partial charge in [0.15, 0.2) is 0 Å². The van der Waals surface area contributed by atoms with Gasteiger partial charge in [0.2, 0.25) is 0 Å². The van der Waals surface area contributed by atoms with Crippen molar-refractivity contribution < 1.29 is 9.53 Å². The smallest absolute Gasteiger partial charge is 0.253 e. The maximum atomic E-state index is 12.1. The maximum absolute atomic E-state index is 12.1. The van der Waals surface area contributed by atoms with E-state index in [1.165, 1.54) is 0 Å². The third-order valence-corrected chi connectivity index (χ3v) is 3.23. The number of hydrogen-bond acceptors (Lipinski definition) is 4. The third kappa shape index (κ3) is 4.49. The Hall–Kier alpha value is -1.62. The molecule has 2 N–H and O–H groups in total. The molecule has 1 aliphatic rings. The van der Waals surface area contributed by atoms with Crippen LogP contribution in [0.1, 0.15) is 37.0 Å². The first-order chi connectivity index (χ1) is 9.65. The average Bonchev–Trinajstić information content (AvgIpc) is 2.96. The molecule has 2 rings (SSSR count). The van der Waals surface area contributed by atoms with Crippen LogP contribution in [0.2, 0.25) is 0 Å². The first-order valence-electron chi connectivity index (χ1n) is 7.24. The topological polar surface area (TPSA) is 63.2 Å². The summed E-state index contributed by atoms with van der Waals surface area (Å²) in [6.07, 6.45) is 5.59. The zero-order valence-corrected chi connectivity index (χ0v) is 12.2. The lowest BCUT2D eigenvalue weighted by Crippen LogP contribution is -2.31. The Balaban J connectivity index is 1.86. The largest absolute Gasteiger partial charge is 0.384 e. The molecule has 1 fully saturated rings. The van der Waals surface area contributed by atoms with Gasteiger partial charge in [-0.15, -0.1) is 0 Å². The third-order valence-electron chi connectivity index (χ3n) is 3.23. The summed E-state index contributed by atoms with van der Waals surface area (Å²) in [7, 11) is 0. The van der Waals surface area contributed by atoms with Crippen LogP contribution in [0, 0.1) is 5.92 Å². The number of nitrogens with one attached hydrogen (secondary N) is 2. The van der Waals surface area contributed by atoms with Crippen molar-refractivity contribution in [2.24, 2.45) is 5.92 Å². The summed E-state index contributed by atoms with van der Waals surface area (Å²) < 4.78 is 5.49. The summed E-state index contributed by atoms with van der Waals surface area (Å²) in [6, 6.07) is 1.83. The van der Waals surface area contributed by atoms with E-state index in [1.54, 1.807) is 12.4 Å². The minimum absolute atomic E-state index is 0.0961. The second-order valence-electron chi connectivity index (χ2n) is 5.58. The van der Waals surface area contributed by atoms with E-state index < -0.39 is 0 Å². The Bertz CT molecular complexity index is 442. The van der Waals surface area contributed by atoms with Crippen LogP contribution >= 0.6 is 0 Å². The lowest BCUT2D eigenvalue weighted by Gasteiger charge is -2.12. The maximum Gasteiger partial charge on any atom is 0.253 e. The molecule has 1 amide bonds. The first kappa shape index (κ1) is 14.8. The summed E-state index contributed by atoms with van der Waals surface area (Å²) >= 11 is 0. The number of anilines is 1. The molecule has 110 valence electrons. The van der Waals surface area contributed by atoms with E-state index >= 15 is 0 Å². The molecule has 0 aliphatic carbocycles. The van der Waals surface area contributed by atoms with Crippen LogP contribution in [0.5, 0.6) is 0 Å². The van der Waals surface area contributed by atoms with Gasteiger partial charge in [-0.05, 0) is 24.8 Å². The fourth-order valence-electron chi connectivity index (χ4n) is 2.10. The monoisotopic (exact) mass is 277 g/mol. The fraction of sp³-hybridized carbons (Fsp3) is 0.600. The number of nitrogens with zero attached hydrogens (tertiary/aromatic N) is 1. The number of carbonyl (C=O) groups is 1. The molecule has 1 atom stereocenters. The minimum Gasteiger partial charge on any atom is -0.384 e. The number of hydrogen-bond donors (Lipinski definition) is 2. The highest BCUT2D eigenvalue weighted by Gasteiger charge is 2.16. The van der Waals surface area contributed by atoms with Gasteiger partial charge in [-0.1, -0.05) is 13.8 Å². The van der Waals surface area contributed by atoms with Gasteiger partial charge in [-0.3, -0.25) is 9.78 Å². The average molecular weight is 277 g/mol. The van der Waals surface area contributed by atoms with Crippen molar-refractivity contribution in [3.05, 3.63) is 24.0 Å². The summed E-state index contributed by atoms with van der Waals surface area (Å²) in [4.78, 5) is 16.2. The lowest BCUT2D eigenvalue weighted by atomic mass is 10.2. The van der Waals surface area contributed by atoms with Crippen LogP contribution in [-0.4, -0.2) is 36.7 Å². The lowest BCUT2D eigenvalue weighted by molar-refractivity contribution is 0.0857. The van der Waals surface area contributed by atoms with Gasteiger partial charge in [0.1, 0.15) is 0 Å². The molecule has 1 aliphatic heterocycles. The van der Waals surface area contributed by atoms with Crippen molar-refractivity contribution in [3.8, 4) is 0 Å². The molecule has 1 unspecified atom stereocenters. The van der Waals surface area contributed by atoms with E-state index in [2.05, 4.69) is 29.5 Å². The van der Waals surface area contributed by atoms with E-state index in [9.17, 15) is 4.79 Å². The summed E-state index contributed by atoms with van der Waals surface area (Å²) in [6.45, 7) is 6.51. The Morgan fingerprint density at radius 2 is 2.35 bits per heavy atom. The molecule has 1 aromatic rings. The zero-order chi connectivity index (χ0) is 14.4. The molecule has 0 saturated carbocycles. The summed E-state index contributed by atoms with van der Waals surface area (Å²) in [5.74, 6) is 0.452. The van der Waals surface area contributed by atoms with Gasteiger partial charge in [0.05, 0.1) is 17.4 Å². The predicted molar refractivity (Wildman–Crippen MR) is 78.9 cm³/mol. The molecule has 2 heterocycles. The number of carbonyl (C=O) groups excluding carboxylic acids is 1. The van der Waals surface area contributed by atoms with Crippen molar-refractivity contribution in [1.29, 1.82) is 0 Å². The molecular formula is C15H23N3O2. The van der Waals surface area contributed by atoms with Gasteiger partial charge in [0.25, 0.3) is 5.91 Å². The Morgan fingerprint density at radius 1 is 1.50 bits per heavy atom. The molecule has 0 radical (unpaired) electrons. The molecule has 1 saturated heterocycles. The van der Waals surface area contributed by atoms with Gasteiger partial charge in [0, 0.05) is 32.1 Å². The van der Waals surface area contributed by atoms with Gasteiger partial charge >= 0.3 is 0 Å². The van der Waals surface area contributed by atoms with Gasteiger partial charge < -0.3 is 15.4 Å². The molecule has 0 spiro atoms. The Labute approximate surface area is 120 Å². The quantitative estimate of drug-likeness (QED) is 0.835. The van der Waals surface area contributed by atoms with E-state index in [0.717, 1.165) is 31.7 Å². The molecule has 0 bridgehead atoms. The van der Waals surface area contributed by atoms with Crippen LogP contribution in [0.3, 0.4) is 0 Å². The number of rotatable bonds is 6. The highest BCUT2D eigenvalue weighted by atomic mass is 16.5. The molecular weight excluding hydrogens is 254 g/mol. The second-order valence-corrected chi connectivity index (χ2v) is 5.58. The summed E-state index contributed by atoms with van der Waals surface area (Å²) in [5.41, 5.74) is 1.46. The van der Waals surface area contributed by atoms with E-state index in [-0.39, 0.29) is 12.0 Å². The summed E-state index contributed by atoms with van der Waals surface area (Å²) in [5, 5.41) is 6.17. The molecule has 1 aromatic heterocycles. The van der Waals surface area contributed by atoms with Crippen molar-refractivity contribution in [2.75, 3.05) is 25.0 Å². The molecule has 20 heavy (non-hydrogen) atoms. The van der Waals surface area contributed by atoms with Crippen molar-refractivity contribution in [2.45, 2.75) is 32.8 Å². The number of amides is 1. The van der Waals surface area contributed by atoms with E-state index in [1.807, 2.05) is 6.07 Å². The normalized spacial score (nSPS) is 18.2. The van der Waals surface area contributed by atoms with Crippen molar-refractivity contribution in [1.82, 2.24) is 10.3 Å².